The third-order valence-electron chi connectivity index (χ3n) is 12.5. The van der Waals surface area contributed by atoms with Crippen LogP contribution in [0.5, 0.6) is 0 Å². The van der Waals surface area contributed by atoms with Crippen molar-refractivity contribution < 1.29 is 4.42 Å². The Bertz CT molecular complexity index is 3560. The lowest BCUT2D eigenvalue weighted by atomic mass is 9.92. The maximum atomic E-state index is 6.48. The lowest BCUT2D eigenvalue weighted by molar-refractivity contribution is 0.670. The number of para-hydroxylation sites is 6. The Hall–Kier alpha value is -8.40. The summed E-state index contributed by atoms with van der Waals surface area (Å²) in [7, 11) is 0. The van der Waals surface area contributed by atoms with Gasteiger partial charge >= 0.3 is 0 Å². The zero-order chi connectivity index (χ0) is 41.7. The molecular weight excluding hydrogens is 765 g/mol. The highest BCUT2D eigenvalue weighted by molar-refractivity contribution is 6.11. The zero-order valence-corrected chi connectivity index (χ0v) is 34.4. The second-order valence-electron chi connectivity index (χ2n) is 16.0. The monoisotopic (exact) mass is 804 g/mol. The van der Waals surface area contributed by atoms with Crippen molar-refractivity contribution in [2.75, 3.05) is 4.90 Å². The van der Waals surface area contributed by atoms with Gasteiger partial charge in [-0.25, -0.2) is 0 Å². The number of fused-ring (bicyclic) bond motifs is 6. The van der Waals surface area contributed by atoms with Crippen molar-refractivity contribution in [2.45, 2.75) is 0 Å². The first-order valence-corrected chi connectivity index (χ1v) is 21.5. The van der Waals surface area contributed by atoms with Gasteiger partial charge in [-0.05, 0) is 82.4 Å². The van der Waals surface area contributed by atoms with Gasteiger partial charge < -0.3 is 13.9 Å². The van der Waals surface area contributed by atoms with Crippen molar-refractivity contribution in [1.29, 1.82) is 0 Å². The molecule has 2 aromatic heterocycles. The molecule has 3 heteroatoms. The van der Waals surface area contributed by atoms with Gasteiger partial charge in [-0.3, -0.25) is 0 Å². The molecule has 12 aromatic rings. The van der Waals surface area contributed by atoms with Gasteiger partial charge in [-0.15, -0.1) is 0 Å². The third-order valence-corrected chi connectivity index (χ3v) is 12.5. The molecule has 12 rings (SSSR count). The van der Waals surface area contributed by atoms with E-state index in [9.17, 15) is 0 Å². The summed E-state index contributed by atoms with van der Waals surface area (Å²) in [5, 5.41) is 4.75. The number of aromatic nitrogens is 1. The molecule has 2 heterocycles. The van der Waals surface area contributed by atoms with Crippen LogP contribution in [0.15, 0.2) is 247 Å². The summed E-state index contributed by atoms with van der Waals surface area (Å²) in [4.78, 5) is 2.39. The van der Waals surface area contributed by atoms with Crippen LogP contribution in [-0.2, 0) is 0 Å². The first-order valence-electron chi connectivity index (χ1n) is 21.5. The standard InChI is InChI=1S/C60H40N2O/c1-2-17-41(18-3-1)42-33-37-44(38-34-42)61(45-39-35-43(36-40-45)46-26-16-27-54-53-25-10-15-32-59(53)63-60(46)54)55-28-11-6-21-49(55)47-19-4-5-20-48(47)50-22-7-12-29-56(50)62-57-30-13-8-23-51(57)52-24-9-14-31-58(52)62/h1-40H. The largest absolute Gasteiger partial charge is 0.455 e. The van der Waals surface area contributed by atoms with Crippen LogP contribution in [-0.4, -0.2) is 4.57 Å². The molecule has 0 aliphatic carbocycles. The van der Waals surface area contributed by atoms with Crippen LogP contribution in [0.25, 0.3) is 93.9 Å². The molecule has 0 unspecified atom stereocenters. The minimum Gasteiger partial charge on any atom is -0.455 e. The summed E-state index contributed by atoms with van der Waals surface area (Å²) in [5.74, 6) is 0. The van der Waals surface area contributed by atoms with Crippen molar-refractivity contribution >= 4 is 60.8 Å². The van der Waals surface area contributed by atoms with Crippen LogP contribution < -0.4 is 4.90 Å². The van der Waals surface area contributed by atoms with Crippen molar-refractivity contribution in [3.63, 3.8) is 0 Å². The van der Waals surface area contributed by atoms with Gasteiger partial charge in [0.05, 0.1) is 22.4 Å². The van der Waals surface area contributed by atoms with Crippen LogP contribution in [0.4, 0.5) is 17.1 Å². The molecule has 0 atom stereocenters. The normalized spacial score (nSPS) is 11.5. The van der Waals surface area contributed by atoms with Crippen LogP contribution in [0.1, 0.15) is 0 Å². The van der Waals surface area contributed by atoms with Gasteiger partial charge in [0.1, 0.15) is 11.2 Å². The van der Waals surface area contributed by atoms with Gasteiger partial charge in [-0.2, -0.15) is 0 Å². The number of furan rings is 1. The van der Waals surface area contributed by atoms with Gasteiger partial charge in [0.15, 0.2) is 0 Å². The van der Waals surface area contributed by atoms with Gasteiger partial charge in [-0.1, -0.05) is 188 Å². The van der Waals surface area contributed by atoms with Gasteiger partial charge in [0, 0.05) is 49.6 Å². The number of nitrogens with zero attached hydrogens (tertiary/aromatic N) is 2. The predicted molar refractivity (Wildman–Crippen MR) is 264 cm³/mol. The Morgan fingerprint density at radius 2 is 0.778 bits per heavy atom. The summed E-state index contributed by atoms with van der Waals surface area (Å²) in [5.41, 5.74) is 17.7. The van der Waals surface area contributed by atoms with E-state index in [1.54, 1.807) is 0 Å². The molecule has 296 valence electrons. The van der Waals surface area contributed by atoms with Gasteiger partial charge in [0.25, 0.3) is 0 Å². The summed E-state index contributed by atoms with van der Waals surface area (Å²) >= 11 is 0. The van der Waals surface area contributed by atoms with E-state index in [0.717, 1.165) is 78.1 Å². The Balaban J connectivity index is 1.02. The smallest absolute Gasteiger partial charge is 0.143 e. The number of hydrogen-bond donors (Lipinski definition) is 0. The first-order chi connectivity index (χ1) is 31.3. The SMILES string of the molecule is c1ccc(-c2ccc(N(c3ccc(-c4cccc5c4oc4ccccc45)cc3)c3ccccc3-c3ccccc3-c3ccccc3-n3c4ccccc4c4ccccc43)cc2)cc1. The van der Waals surface area contributed by atoms with E-state index < -0.39 is 0 Å². The number of benzene rings is 10. The molecule has 0 saturated carbocycles. The van der Waals surface area contributed by atoms with E-state index in [2.05, 4.69) is 240 Å². The molecule has 63 heavy (non-hydrogen) atoms. The fourth-order valence-corrected chi connectivity index (χ4v) is 9.55. The summed E-state index contributed by atoms with van der Waals surface area (Å²) in [6.07, 6.45) is 0. The quantitative estimate of drug-likeness (QED) is 0.153. The summed E-state index contributed by atoms with van der Waals surface area (Å²) in [6, 6.07) is 87.1. The van der Waals surface area contributed by atoms with Crippen molar-refractivity contribution in [1.82, 2.24) is 4.57 Å². The predicted octanol–water partition coefficient (Wildman–Crippen LogP) is 16.8. The van der Waals surface area contributed by atoms with Crippen molar-refractivity contribution in [3.05, 3.63) is 243 Å². The second kappa shape index (κ2) is 15.3. The Morgan fingerprint density at radius 3 is 1.48 bits per heavy atom. The maximum absolute atomic E-state index is 6.48. The molecule has 10 aromatic carbocycles. The number of hydrogen-bond acceptors (Lipinski definition) is 2. The molecule has 0 radical (unpaired) electrons. The number of rotatable bonds is 8. The first kappa shape index (κ1) is 36.5. The molecule has 0 amide bonds. The summed E-state index contributed by atoms with van der Waals surface area (Å²) < 4.78 is 8.90. The van der Waals surface area contributed by atoms with E-state index in [1.165, 1.54) is 32.9 Å². The molecule has 0 aliphatic heterocycles. The highest BCUT2D eigenvalue weighted by Gasteiger charge is 2.22. The lowest BCUT2D eigenvalue weighted by Gasteiger charge is -2.29. The Labute approximate surface area is 366 Å². The lowest BCUT2D eigenvalue weighted by Crippen LogP contribution is -2.11. The Kier molecular flexibility index (Phi) is 8.83. The summed E-state index contributed by atoms with van der Waals surface area (Å²) in [6.45, 7) is 0. The third kappa shape index (κ3) is 6.21. The molecule has 0 saturated heterocycles. The topological polar surface area (TPSA) is 21.3 Å². The van der Waals surface area contributed by atoms with Crippen molar-refractivity contribution in [3.8, 4) is 50.2 Å². The van der Waals surface area contributed by atoms with Crippen LogP contribution in [0.3, 0.4) is 0 Å². The minimum atomic E-state index is 0.899. The molecule has 0 bridgehead atoms. The highest BCUT2D eigenvalue weighted by Crippen LogP contribution is 2.46. The Morgan fingerprint density at radius 1 is 0.302 bits per heavy atom. The molecular formula is C60H40N2O. The van der Waals surface area contributed by atoms with Gasteiger partial charge in [0.2, 0.25) is 0 Å². The average Bonchev–Trinajstić information content (AvgIpc) is 3.91. The van der Waals surface area contributed by atoms with E-state index in [1.807, 2.05) is 12.1 Å². The molecule has 0 N–H and O–H groups in total. The second-order valence-corrected chi connectivity index (χ2v) is 16.0. The van der Waals surface area contributed by atoms with E-state index in [-0.39, 0.29) is 0 Å². The molecule has 3 nitrogen and oxygen atoms in total. The minimum absolute atomic E-state index is 0.899. The zero-order valence-electron chi connectivity index (χ0n) is 34.4. The molecule has 0 spiro atoms. The van der Waals surface area contributed by atoms with Crippen LogP contribution >= 0.6 is 0 Å². The molecule has 0 fully saturated rings. The van der Waals surface area contributed by atoms with Crippen LogP contribution in [0.2, 0.25) is 0 Å². The number of anilines is 3. The van der Waals surface area contributed by atoms with E-state index >= 15 is 0 Å². The maximum Gasteiger partial charge on any atom is 0.143 e. The van der Waals surface area contributed by atoms with Crippen LogP contribution in [0, 0.1) is 0 Å². The average molecular weight is 805 g/mol. The fraction of sp³-hybridized carbons (Fsp3) is 0. The van der Waals surface area contributed by atoms with E-state index in [0.29, 0.717) is 0 Å². The molecule has 0 aliphatic rings. The van der Waals surface area contributed by atoms with E-state index in [4.69, 9.17) is 4.42 Å². The van der Waals surface area contributed by atoms with Crippen molar-refractivity contribution in [2.24, 2.45) is 0 Å². The fourth-order valence-electron chi connectivity index (χ4n) is 9.55. The highest BCUT2D eigenvalue weighted by atomic mass is 16.3.